The summed E-state index contributed by atoms with van der Waals surface area (Å²) in [6, 6.07) is 33.7. The fraction of sp³-hybridized carbons (Fsp3) is 0.233. The van der Waals surface area contributed by atoms with E-state index in [1.54, 1.807) is 0 Å². The van der Waals surface area contributed by atoms with Crippen molar-refractivity contribution >= 4 is 16.7 Å². The molecule has 4 aromatic carbocycles. The van der Waals surface area contributed by atoms with E-state index in [9.17, 15) is 9.90 Å². The van der Waals surface area contributed by atoms with Crippen LogP contribution in [0, 0.1) is 5.92 Å². The minimum absolute atomic E-state index is 0.0164. The molecule has 4 heteroatoms. The van der Waals surface area contributed by atoms with Gasteiger partial charge in [0.05, 0.1) is 0 Å². The Kier molecular flexibility index (Phi) is 6.33. The molecule has 1 heterocycles. The number of benzene rings is 4. The molecule has 1 amide bonds. The molecule has 0 unspecified atom stereocenters. The predicted molar refractivity (Wildman–Crippen MR) is 135 cm³/mol. The second kappa shape index (κ2) is 9.70. The van der Waals surface area contributed by atoms with Gasteiger partial charge in [-0.25, -0.2) is 0 Å². The molecule has 0 radical (unpaired) electrons. The number of ether oxygens (including phenoxy) is 1. The Morgan fingerprint density at radius 3 is 1.97 bits per heavy atom. The second-order valence-electron chi connectivity index (χ2n) is 8.95. The average molecular weight is 452 g/mol. The molecule has 0 aliphatic carbocycles. The second-order valence-corrected chi connectivity index (χ2v) is 8.95. The highest BCUT2D eigenvalue weighted by Gasteiger charge is 2.42. The lowest BCUT2D eigenvalue weighted by molar-refractivity contribution is -0.136. The Morgan fingerprint density at radius 1 is 0.794 bits per heavy atom. The largest absolute Gasteiger partial charge is 0.484 e. The number of fused-ring (bicyclic) bond motifs is 1. The Balaban J connectivity index is 1.25. The molecule has 172 valence electrons. The third kappa shape index (κ3) is 4.42. The standard InChI is InChI=1S/C30H29NO3/c32-29(22-34-28-16-15-23-9-7-8-10-24(23)21-28)31-19-17-27(18-20-31)30(33,25-11-3-1-4-12-25)26-13-5-2-6-14-26/h1-16,21,27,33H,17-20,22H2. The van der Waals surface area contributed by atoms with Crippen molar-refractivity contribution in [3.8, 4) is 5.75 Å². The van der Waals surface area contributed by atoms with Gasteiger partial charge in [0, 0.05) is 13.1 Å². The Morgan fingerprint density at radius 2 is 1.35 bits per heavy atom. The van der Waals surface area contributed by atoms with Crippen LogP contribution in [-0.4, -0.2) is 35.6 Å². The minimum atomic E-state index is -1.08. The highest BCUT2D eigenvalue weighted by Crippen LogP contribution is 2.41. The quantitative estimate of drug-likeness (QED) is 0.427. The van der Waals surface area contributed by atoms with Gasteiger partial charge in [0.25, 0.3) is 5.91 Å². The number of nitrogens with zero attached hydrogens (tertiary/aromatic N) is 1. The monoisotopic (exact) mass is 451 g/mol. The molecule has 1 aliphatic heterocycles. The summed E-state index contributed by atoms with van der Waals surface area (Å²) in [5, 5.41) is 14.3. The van der Waals surface area contributed by atoms with Crippen LogP contribution in [0.25, 0.3) is 10.8 Å². The van der Waals surface area contributed by atoms with Gasteiger partial charge in [-0.3, -0.25) is 4.79 Å². The van der Waals surface area contributed by atoms with Gasteiger partial charge in [0.2, 0.25) is 0 Å². The molecule has 0 atom stereocenters. The van der Waals surface area contributed by atoms with Crippen molar-refractivity contribution in [2.75, 3.05) is 19.7 Å². The van der Waals surface area contributed by atoms with Crippen LogP contribution in [0.15, 0.2) is 103 Å². The molecule has 1 aliphatic rings. The fourth-order valence-corrected chi connectivity index (χ4v) is 5.06. The highest BCUT2D eigenvalue weighted by molar-refractivity contribution is 5.84. The minimum Gasteiger partial charge on any atom is -0.484 e. The van der Waals surface area contributed by atoms with Crippen LogP contribution in [0.5, 0.6) is 5.75 Å². The third-order valence-corrected chi connectivity index (χ3v) is 6.95. The number of aliphatic hydroxyl groups is 1. The van der Waals surface area contributed by atoms with Crippen molar-refractivity contribution in [3.05, 3.63) is 114 Å². The zero-order valence-corrected chi connectivity index (χ0v) is 19.1. The number of likely N-dealkylation sites (tertiary alicyclic amines) is 1. The molecule has 0 saturated carbocycles. The first kappa shape index (κ1) is 22.2. The molecule has 1 saturated heterocycles. The van der Waals surface area contributed by atoms with Crippen LogP contribution in [0.1, 0.15) is 24.0 Å². The lowest BCUT2D eigenvalue weighted by atomic mass is 9.72. The number of carbonyl (C=O) groups is 1. The van der Waals surface area contributed by atoms with Crippen LogP contribution in [0.4, 0.5) is 0 Å². The number of hydrogen-bond acceptors (Lipinski definition) is 3. The number of piperidine rings is 1. The summed E-state index contributed by atoms with van der Waals surface area (Å²) in [6.07, 6.45) is 1.45. The van der Waals surface area contributed by atoms with Gasteiger partial charge in [-0.05, 0) is 52.8 Å². The SMILES string of the molecule is O=C(COc1ccc2ccccc2c1)N1CCC(C(O)(c2ccccc2)c2ccccc2)CC1. The smallest absolute Gasteiger partial charge is 0.260 e. The van der Waals surface area contributed by atoms with E-state index in [1.807, 2.05) is 102 Å². The van der Waals surface area contributed by atoms with Crippen LogP contribution >= 0.6 is 0 Å². The van der Waals surface area contributed by atoms with E-state index >= 15 is 0 Å². The molecule has 1 N–H and O–H groups in total. The Hall–Kier alpha value is -3.63. The molecule has 34 heavy (non-hydrogen) atoms. The van der Waals surface area contributed by atoms with Crippen molar-refractivity contribution in [3.63, 3.8) is 0 Å². The first-order valence-corrected chi connectivity index (χ1v) is 11.9. The van der Waals surface area contributed by atoms with Gasteiger partial charge in [0.15, 0.2) is 6.61 Å². The fourth-order valence-electron chi connectivity index (χ4n) is 5.06. The van der Waals surface area contributed by atoms with E-state index in [-0.39, 0.29) is 18.4 Å². The molecule has 4 aromatic rings. The van der Waals surface area contributed by atoms with Gasteiger partial charge in [0.1, 0.15) is 11.4 Å². The summed E-state index contributed by atoms with van der Waals surface area (Å²) in [7, 11) is 0. The number of amides is 1. The molecule has 0 bridgehead atoms. The van der Waals surface area contributed by atoms with E-state index in [0.29, 0.717) is 18.8 Å². The lowest BCUT2D eigenvalue weighted by Crippen LogP contribution is -2.47. The number of carbonyl (C=O) groups excluding carboxylic acids is 1. The molecule has 0 spiro atoms. The van der Waals surface area contributed by atoms with Crippen LogP contribution in [-0.2, 0) is 10.4 Å². The van der Waals surface area contributed by atoms with E-state index in [1.165, 1.54) is 0 Å². The van der Waals surface area contributed by atoms with Gasteiger partial charge < -0.3 is 14.7 Å². The first-order valence-electron chi connectivity index (χ1n) is 11.9. The maximum Gasteiger partial charge on any atom is 0.260 e. The Bertz CT molecular complexity index is 1210. The zero-order valence-electron chi connectivity index (χ0n) is 19.1. The number of rotatable bonds is 6. The molecule has 0 aromatic heterocycles. The number of hydrogen-bond donors (Lipinski definition) is 1. The van der Waals surface area contributed by atoms with E-state index in [0.717, 1.165) is 34.7 Å². The van der Waals surface area contributed by atoms with E-state index in [2.05, 4.69) is 6.07 Å². The Labute approximate surface area is 200 Å². The first-order chi connectivity index (χ1) is 16.6. The maximum atomic E-state index is 12.9. The zero-order chi connectivity index (χ0) is 23.4. The maximum absolute atomic E-state index is 12.9. The summed E-state index contributed by atoms with van der Waals surface area (Å²) < 4.78 is 5.82. The summed E-state index contributed by atoms with van der Waals surface area (Å²) in [5.41, 5.74) is 0.704. The van der Waals surface area contributed by atoms with Crippen molar-refractivity contribution in [1.82, 2.24) is 4.90 Å². The molecule has 1 fully saturated rings. The molecule has 4 nitrogen and oxygen atoms in total. The molecular weight excluding hydrogens is 422 g/mol. The predicted octanol–water partition coefficient (Wildman–Crippen LogP) is 5.39. The topological polar surface area (TPSA) is 49.8 Å². The highest BCUT2D eigenvalue weighted by atomic mass is 16.5. The van der Waals surface area contributed by atoms with Crippen LogP contribution < -0.4 is 4.74 Å². The van der Waals surface area contributed by atoms with Gasteiger partial charge >= 0.3 is 0 Å². The summed E-state index contributed by atoms with van der Waals surface area (Å²) >= 11 is 0. The van der Waals surface area contributed by atoms with Crippen LogP contribution in [0.2, 0.25) is 0 Å². The van der Waals surface area contributed by atoms with E-state index in [4.69, 9.17) is 4.74 Å². The van der Waals surface area contributed by atoms with Crippen LogP contribution in [0.3, 0.4) is 0 Å². The van der Waals surface area contributed by atoms with Gasteiger partial charge in [-0.1, -0.05) is 91.0 Å². The summed E-state index contributed by atoms with van der Waals surface area (Å²) in [4.78, 5) is 14.7. The van der Waals surface area contributed by atoms with Gasteiger partial charge in [-0.2, -0.15) is 0 Å². The van der Waals surface area contributed by atoms with Crippen molar-refractivity contribution < 1.29 is 14.6 Å². The van der Waals surface area contributed by atoms with Crippen molar-refractivity contribution in [2.24, 2.45) is 5.92 Å². The molecular formula is C30H29NO3. The van der Waals surface area contributed by atoms with Crippen molar-refractivity contribution in [1.29, 1.82) is 0 Å². The summed E-state index contributed by atoms with van der Waals surface area (Å²) in [6.45, 7) is 1.23. The summed E-state index contributed by atoms with van der Waals surface area (Å²) in [5.74, 6) is 0.696. The van der Waals surface area contributed by atoms with Gasteiger partial charge in [-0.15, -0.1) is 0 Å². The lowest BCUT2D eigenvalue weighted by Gasteiger charge is -2.42. The third-order valence-electron chi connectivity index (χ3n) is 6.95. The average Bonchev–Trinajstić information content (AvgIpc) is 2.92. The molecule has 5 rings (SSSR count). The van der Waals surface area contributed by atoms with E-state index < -0.39 is 5.60 Å². The van der Waals surface area contributed by atoms with Crippen molar-refractivity contribution in [2.45, 2.75) is 18.4 Å². The normalized spacial score (nSPS) is 14.8.